The number of hydrogen-bond donors (Lipinski definition) is 1. The van der Waals surface area contributed by atoms with Gasteiger partial charge in [-0.1, -0.05) is 18.2 Å². The minimum atomic E-state index is -0.266. The Morgan fingerprint density at radius 3 is 2.45 bits per heavy atom. The predicted octanol–water partition coefficient (Wildman–Crippen LogP) is 4.93. The van der Waals surface area contributed by atoms with E-state index in [1.165, 1.54) is 0 Å². The number of carbonyl (C=O) groups is 1. The van der Waals surface area contributed by atoms with Gasteiger partial charge in [-0.3, -0.25) is 4.79 Å². The molecule has 4 rings (SSSR count). The van der Waals surface area contributed by atoms with Crippen LogP contribution in [0.2, 0.25) is 0 Å². The van der Waals surface area contributed by atoms with Gasteiger partial charge in [-0.05, 0) is 42.8 Å². The molecule has 4 aromatic rings. The highest BCUT2D eigenvalue weighted by molar-refractivity contribution is 6.05. The Morgan fingerprint density at radius 1 is 0.931 bits per heavy atom. The Morgan fingerprint density at radius 2 is 1.66 bits per heavy atom. The quantitative estimate of drug-likeness (QED) is 0.505. The number of anilines is 1. The van der Waals surface area contributed by atoms with Crippen molar-refractivity contribution in [3.63, 3.8) is 0 Å². The van der Waals surface area contributed by atoms with Crippen LogP contribution in [0, 0.1) is 6.92 Å². The fourth-order valence-electron chi connectivity index (χ4n) is 3.25. The van der Waals surface area contributed by atoms with E-state index in [1.54, 1.807) is 26.4 Å². The van der Waals surface area contributed by atoms with Crippen LogP contribution in [0.4, 0.5) is 5.69 Å². The molecule has 0 aliphatic heterocycles. The Kier molecular flexibility index (Phi) is 4.99. The molecule has 1 aromatic heterocycles. The van der Waals surface area contributed by atoms with Crippen LogP contribution < -0.4 is 19.5 Å². The second-order valence-electron chi connectivity index (χ2n) is 6.62. The fourth-order valence-corrected chi connectivity index (χ4v) is 3.25. The van der Waals surface area contributed by atoms with Crippen molar-refractivity contribution < 1.29 is 23.4 Å². The maximum atomic E-state index is 12.4. The van der Waals surface area contributed by atoms with Crippen LogP contribution in [0.1, 0.15) is 5.56 Å². The van der Waals surface area contributed by atoms with E-state index in [2.05, 4.69) is 5.32 Å². The maximum absolute atomic E-state index is 12.4. The first-order valence-electron chi connectivity index (χ1n) is 9.15. The van der Waals surface area contributed by atoms with Crippen LogP contribution in [0.15, 0.2) is 59.0 Å². The molecule has 1 N–H and O–H groups in total. The molecule has 0 saturated heterocycles. The molecule has 0 saturated carbocycles. The molecule has 0 aliphatic carbocycles. The molecule has 0 fully saturated rings. The van der Waals surface area contributed by atoms with Crippen molar-refractivity contribution in [2.45, 2.75) is 6.92 Å². The molecule has 6 heteroatoms. The highest BCUT2D eigenvalue weighted by Gasteiger charge is 2.12. The molecule has 0 spiro atoms. The summed E-state index contributed by atoms with van der Waals surface area (Å²) in [5.41, 5.74) is 3.11. The topological polar surface area (TPSA) is 69.9 Å². The first kappa shape index (κ1) is 18.7. The second kappa shape index (κ2) is 7.75. The molecule has 3 aromatic carbocycles. The number of nitrogens with one attached hydrogen (secondary N) is 1. The highest BCUT2D eigenvalue weighted by Crippen LogP contribution is 2.33. The first-order valence-corrected chi connectivity index (χ1v) is 9.15. The number of furan rings is 1. The molecule has 0 radical (unpaired) electrons. The van der Waals surface area contributed by atoms with Crippen LogP contribution in [0.3, 0.4) is 0 Å². The number of aryl methyl sites for hydroxylation is 1. The van der Waals surface area contributed by atoms with Crippen LogP contribution in [0.5, 0.6) is 17.2 Å². The highest BCUT2D eigenvalue weighted by atomic mass is 16.5. The lowest BCUT2D eigenvalue weighted by atomic mass is 10.1. The van der Waals surface area contributed by atoms with Gasteiger partial charge in [0.1, 0.15) is 16.9 Å². The van der Waals surface area contributed by atoms with Gasteiger partial charge >= 0.3 is 0 Å². The standard InChI is InChI=1S/C23H21NO5/c1-14-10-21(26-2)22(27-3)12-18(14)24-23(25)13-28-15-8-9-20-17(11-15)16-6-4-5-7-19(16)29-20/h4-12H,13H2,1-3H3,(H,24,25). The number of fused-ring (bicyclic) bond motifs is 3. The number of benzene rings is 3. The Bertz CT molecular complexity index is 1190. The summed E-state index contributed by atoms with van der Waals surface area (Å²) in [6.07, 6.45) is 0. The smallest absolute Gasteiger partial charge is 0.262 e. The van der Waals surface area contributed by atoms with Crippen LogP contribution in [-0.4, -0.2) is 26.7 Å². The van der Waals surface area contributed by atoms with Crippen molar-refractivity contribution in [2.75, 3.05) is 26.1 Å². The zero-order valence-electron chi connectivity index (χ0n) is 16.4. The molecule has 0 bridgehead atoms. The average molecular weight is 391 g/mol. The Hall–Kier alpha value is -3.67. The lowest BCUT2D eigenvalue weighted by Gasteiger charge is -2.14. The Labute approximate surface area is 168 Å². The lowest BCUT2D eigenvalue weighted by molar-refractivity contribution is -0.118. The number of hydrogen-bond acceptors (Lipinski definition) is 5. The van der Waals surface area contributed by atoms with Gasteiger partial charge in [-0.25, -0.2) is 0 Å². The molecular formula is C23H21NO5. The van der Waals surface area contributed by atoms with E-state index in [4.69, 9.17) is 18.6 Å². The summed E-state index contributed by atoms with van der Waals surface area (Å²) >= 11 is 0. The second-order valence-corrected chi connectivity index (χ2v) is 6.62. The number of para-hydroxylation sites is 1. The summed E-state index contributed by atoms with van der Waals surface area (Å²) in [5.74, 6) is 1.49. The van der Waals surface area contributed by atoms with Crippen LogP contribution in [-0.2, 0) is 4.79 Å². The fraction of sp³-hybridized carbons (Fsp3) is 0.174. The van der Waals surface area contributed by atoms with Crippen LogP contribution in [0.25, 0.3) is 21.9 Å². The van der Waals surface area contributed by atoms with Gasteiger partial charge in [0.2, 0.25) is 0 Å². The first-order chi connectivity index (χ1) is 14.1. The summed E-state index contributed by atoms with van der Waals surface area (Å²) in [4.78, 5) is 12.4. The molecule has 1 heterocycles. The molecule has 0 unspecified atom stereocenters. The number of rotatable bonds is 6. The van der Waals surface area contributed by atoms with E-state index in [1.807, 2.05) is 49.4 Å². The van der Waals surface area contributed by atoms with Gasteiger partial charge in [0.25, 0.3) is 5.91 Å². The third kappa shape index (κ3) is 3.69. The summed E-state index contributed by atoms with van der Waals surface area (Å²) in [6.45, 7) is 1.77. The summed E-state index contributed by atoms with van der Waals surface area (Å²) in [6, 6.07) is 16.9. The van der Waals surface area contributed by atoms with Gasteiger partial charge < -0.3 is 23.9 Å². The predicted molar refractivity (Wildman–Crippen MR) is 112 cm³/mol. The number of ether oxygens (including phenoxy) is 3. The summed E-state index contributed by atoms with van der Waals surface area (Å²) in [5, 5.41) is 4.82. The SMILES string of the molecule is COc1cc(C)c(NC(=O)COc2ccc3oc4ccccc4c3c2)cc1OC. The monoisotopic (exact) mass is 391 g/mol. The van der Waals surface area contributed by atoms with Gasteiger partial charge in [0, 0.05) is 22.5 Å². The van der Waals surface area contributed by atoms with E-state index < -0.39 is 0 Å². The van der Waals surface area contributed by atoms with E-state index in [0.29, 0.717) is 22.9 Å². The van der Waals surface area contributed by atoms with E-state index >= 15 is 0 Å². The van der Waals surface area contributed by atoms with Crippen molar-refractivity contribution in [2.24, 2.45) is 0 Å². The van der Waals surface area contributed by atoms with Crippen molar-refractivity contribution >= 4 is 33.5 Å². The largest absolute Gasteiger partial charge is 0.493 e. The minimum absolute atomic E-state index is 0.116. The van der Waals surface area contributed by atoms with E-state index in [9.17, 15) is 4.79 Å². The molecule has 1 amide bonds. The van der Waals surface area contributed by atoms with Gasteiger partial charge in [0.15, 0.2) is 18.1 Å². The molecule has 29 heavy (non-hydrogen) atoms. The molecular weight excluding hydrogens is 370 g/mol. The summed E-state index contributed by atoms with van der Waals surface area (Å²) < 4.78 is 22.1. The van der Waals surface area contributed by atoms with Gasteiger partial charge in [-0.15, -0.1) is 0 Å². The molecule has 0 atom stereocenters. The van der Waals surface area contributed by atoms with Crippen LogP contribution >= 0.6 is 0 Å². The number of methoxy groups -OCH3 is 2. The molecule has 0 aliphatic rings. The molecule has 6 nitrogen and oxygen atoms in total. The van der Waals surface area contributed by atoms with Crippen molar-refractivity contribution in [1.82, 2.24) is 0 Å². The van der Waals surface area contributed by atoms with E-state index in [-0.39, 0.29) is 12.5 Å². The Balaban J connectivity index is 1.48. The summed E-state index contributed by atoms with van der Waals surface area (Å²) in [7, 11) is 3.13. The maximum Gasteiger partial charge on any atom is 0.262 e. The van der Waals surface area contributed by atoms with E-state index in [0.717, 1.165) is 27.5 Å². The minimum Gasteiger partial charge on any atom is -0.493 e. The number of carbonyl (C=O) groups excluding carboxylic acids is 1. The van der Waals surface area contributed by atoms with Gasteiger partial charge in [0.05, 0.1) is 14.2 Å². The zero-order valence-corrected chi connectivity index (χ0v) is 16.4. The van der Waals surface area contributed by atoms with Crippen molar-refractivity contribution in [3.8, 4) is 17.2 Å². The number of amides is 1. The van der Waals surface area contributed by atoms with Crippen molar-refractivity contribution in [1.29, 1.82) is 0 Å². The zero-order chi connectivity index (χ0) is 20.4. The molecule has 148 valence electrons. The normalized spacial score (nSPS) is 10.9. The average Bonchev–Trinajstić information content (AvgIpc) is 3.11. The van der Waals surface area contributed by atoms with Crippen molar-refractivity contribution in [3.05, 3.63) is 60.2 Å². The third-order valence-electron chi connectivity index (χ3n) is 4.72. The van der Waals surface area contributed by atoms with Gasteiger partial charge in [-0.2, -0.15) is 0 Å². The lowest BCUT2D eigenvalue weighted by Crippen LogP contribution is -2.20. The third-order valence-corrected chi connectivity index (χ3v) is 4.72.